The highest BCUT2D eigenvalue weighted by Crippen LogP contribution is 1.97. The molecule has 1 unspecified atom stereocenters. The van der Waals surface area contributed by atoms with Crippen molar-refractivity contribution in [3.63, 3.8) is 0 Å². The molecule has 1 amide bonds. The van der Waals surface area contributed by atoms with Gasteiger partial charge < -0.3 is 10.5 Å². The van der Waals surface area contributed by atoms with Crippen molar-refractivity contribution in [3.8, 4) is 0 Å². The molecule has 0 aliphatic carbocycles. The summed E-state index contributed by atoms with van der Waals surface area (Å²) in [5.74, 6) is -1.20. The number of rotatable bonds is 4. The number of primary amides is 1. The van der Waals surface area contributed by atoms with Gasteiger partial charge in [-0.2, -0.15) is 0 Å². The Morgan fingerprint density at radius 3 is 2.45 bits per heavy atom. The molecule has 0 radical (unpaired) electrons. The maximum absolute atomic E-state index is 10.7. The lowest BCUT2D eigenvalue weighted by Gasteiger charge is -2.08. The molecule has 0 aromatic rings. The minimum absolute atomic E-state index is 0.137. The van der Waals surface area contributed by atoms with Crippen LogP contribution in [0.15, 0.2) is 0 Å². The predicted molar refractivity (Wildman–Crippen MR) is 39.7 cm³/mol. The molecule has 64 valence electrons. The molecule has 4 nitrogen and oxygen atoms in total. The number of ether oxygens (including phenoxy) is 1. The Balaban J connectivity index is 3.60. The number of amides is 1. The second-order valence-electron chi connectivity index (χ2n) is 2.35. The first kappa shape index (κ1) is 9.94. The SMILES string of the molecule is CCC(C)OC(=O)CC(N)=O. The van der Waals surface area contributed by atoms with Gasteiger partial charge in [-0.05, 0) is 13.3 Å². The molecule has 2 N–H and O–H groups in total. The van der Waals surface area contributed by atoms with Crippen molar-refractivity contribution in [2.75, 3.05) is 0 Å². The number of carbonyl (C=O) groups excluding carboxylic acids is 2. The van der Waals surface area contributed by atoms with E-state index in [1.807, 2.05) is 6.92 Å². The lowest BCUT2D eigenvalue weighted by Crippen LogP contribution is -2.21. The van der Waals surface area contributed by atoms with Gasteiger partial charge in [0.05, 0.1) is 6.10 Å². The molecule has 0 fully saturated rings. The minimum atomic E-state index is -0.654. The topological polar surface area (TPSA) is 69.4 Å². The average Bonchev–Trinajstić information content (AvgIpc) is 1.85. The van der Waals surface area contributed by atoms with E-state index in [1.54, 1.807) is 6.92 Å². The van der Waals surface area contributed by atoms with Gasteiger partial charge >= 0.3 is 5.97 Å². The summed E-state index contributed by atoms with van der Waals surface area (Å²) in [6, 6.07) is 0. The Hall–Kier alpha value is -1.06. The molecule has 0 aliphatic heterocycles. The Kier molecular flexibility index (Phi) is 4.26. The van der Waals surface area contributed by atoms with E-state index in [9.17, 15) is 9.59 Å². The first-order valence-electron chi connectivity index (χ1n) is 3.54. The van der Waals surface area contributed by atoms with Gasteiger partial charge in [0, 0.05) is 0 Å². The van der Waals surface area contributed by atoms with Gasteiger partial charge in [0.1, 0.15) is 6.42 Å². The van der Waals surface area contributed by atoms with Gasteiger partial charge in [-0.1, -0.05) is 6.92 Å². The molecule has 11 heavy (non-hydrogen) atoms. The largest absolute Gasteiger partial charge is 0.462 e. The van der Waals surface area contributed by atoms with E-state index >= 15 is 0 Å². The third-order valence-electron chi connectivity index (χ3n) is 1.23. The van der Waals surface area contributed by atoms with E-state index in [0.29, 0.717) is 0 Å². The van der Waals surface area contributed by atoms with E-state index in [-0.39, 0.29) is 12.5 Å². The van der Waals surface area contributed by atoms with Crippen LogP contribution in [0.5, 0.6) is 0 Å². The molecule has 0 rings (SSSR count). The summed E-state index contributed by atoms with van der Waals surface area (Å²) in [6.07, 6.45) is 0.274. The Morgan fingerprint density at radius 2 is 2.09 bits per heavy atom. The number of hydrogen-bond acceptors (Lipinski definition) is 3. The van der Waals surface area contributed by atoms with Crippen molar-refractivity contribution in [1.29, 1.82) is 0 Å². The molecule has 0 saturated carbocycles. The number of carbonyl (C=O) groups is 2. The third kappa shape index (κ3) is 5.39. The van der Waals surface area contributed by atoms with Crippen LogP contribution < -0.4 is 5.73 Å². The van der Waals surface area contributed by atoms with E-state index < -0.39 is 11.9 Å². The molecular formula is C7H13NO3. The molecule has 4 heteroatoms. The fourth-order valence-electron chi connectivity index (χ4n) is 0.492. The molecule has 0 spiro atoms. The molecule has 1 atom stereocenters. The van der Waals surface area contributed by atoms with Crippen molar-refractivity contribution in [3.05, 3.63) is 0 Å². The highest BCUT2D eigenvalue weighted by atomic mass is 16.5. The summed E-state index contributed by atoms with van der Waals surface area (Å²) in [6.45, 7) is 3.65. The summed E-state index contributed by atoms with van der Waals surface area (Å²) >= 11 is 0. The quantitative estimate of drug-likeness (QED) is 0.470. The number of esters is 1. The van der Waals surface area contributed by atoms with Crippen molar-refractivity contribution < 1.29 is 14.3 Å². The number of hydrogen-bond donors (Lipinski definition) is 1. The lowest BCUT2D eigenvalue weighted by atomic mass is 10.3. The van der Waals surface area contributed by atoms with Crippen molar-refractivity contribution in [1.82, 2.24) is 0 Å². The van der Waals surface area contributed by atoms with Gasteiger partial charge in [0.2, 0.25) is 5.91 Å². The highest BCUT2D eigenvalue weighted by Gasteiger charge is 2.09. The van der Waals surface area contributed by atoms with E-state index in [0.717, 1.165) is 6.42 Å². The zero-order chi connectivity index (χ0) is 8.85. The summed E-state index contributed by atoms with van der Waals surface area (Å²) in [5, 5.41) is 0. The van der Waals surface area contributed by atoms with Gasteiger partial charge in [0.25, 0.3) is 0 Å². The Morgan fingerprint density at radius 1 is 1.55 bits per heavy atom. The van der Waals surface area contributed by atoms with Crippen LogP contribution in [0.2, 0.25) is 0 Å². The van der Waals surface area contributed by atoms with Crippen LogP contribution in [0.4, 0.5) is 0 Å². The molecular weight excluding hydrogens is 146 g/mol. The molecule has 0 aliphatic rings. The zero-order valence-corrected chi connectivity index (χ0v) is 6.79. The van der Waals surface area contributed by atoms with Crippen molar-refractivity contribution in [2.45, 2.75) is 32.8 Å². The Bertz CT molecular complexity index is 156. The summed E-state index contributed by atoms with van der Waals surface area (Å²) < 4.78 is 4.77. The number of nitrogens with two attached hydrogens (primary N) is 1. The normalized spacial score (nSPS) is 12.2. The molecule has 0 aromatic heterocycles. The van der Waals surface area contributed by atoms with Gasteiger partial charge in [-0.3, -0.25) is 9.59 Å². The fourth-order valence-corrected chi connectivity index (χ4v) is 0.492. The van der Waals surface area contributed by atoms with E-state index in [2.05, 4.69) is 0 Å². The average molecular weight is 159 g/mol. The molecule has 0 aromatic carbocycles. The van der Waals surface area contributed by atoms with Crippen LogP contribution in [0.3, 0.4) is 0 Å². The second-order valence-corrected chi connectivity index (χ2v) is 2.35. The second kappa shape index (κ2) is 4.71. The molecule has 0 saturated heterocycles. The first-order chi connectivity index (χ1) is 5.06. The van der Waals surface area contributed by atoms with Crippen molar-refractivity contribution in [2.24, 2.45) is 5.73 Å². The van der Waals surface area contributed by atoms with Crippen molar-refractivity contribution >= 4 is 11.9 Å². The smallest absolute Gasteiger partial charge is 0.315 e. The lowest BCUT2D eigenvalue weighted by molar-refractivity contribution is -0.150. The highest BCUT2D eigenvalue weighted by molar-refractivity contribution is 5.93. The zero-order valence-electron chi connectivity index (χ0n) is 6.79. The molecule has 0 bridgehead atoms. The van der Waals surface area contributed by atoms with Crippen LogP contribution in [0.1, 0.15) is 26.7 Å². The maximum Gasteiger partial charge on any atom is 0.315 e. The van der Waals surface area contributed by atoms with Crippen LogP contribution in [-0.4, -0.2) is 18.0 Å². The molecule has 0 heterocycles. The van der Waals surface area contributed by atoms with Gasteiger partial charge in [-0.25, -0.2) is 0 Å². The summed E-state index contributed by atoms with van der Waals surface area (Å²) in [4.78, 5) is 20.9. The minimum Gasteiger partial charge on any atom is -0.462 e. The van der Waals surface area contributed by atoms with E-state index in [4.69, 9.17) is 10.5 Å². The predicted octanol–water partition coefficient (Wildman–Crippen LogP) is 0.203. The standard InChI is InChI=1S/C7H13NO3/c1-3-5(2)11-7(10)4-6(8)9/h5H,3-4H2,1-2H3,(H2,8,9). The first-order valence-corrected chi connectivity index (χ1v) is 3.54. The third-order valence-corrected chi connectivity index (χ3v) is 1.23. The van der Waals surface area contributed by atoms with Gasteiger partial charge in [0.15, 0.2) is 0 Å². The maximum atomic E-state index is 10.7. The van der Waals surface area contributed by atoms with Gasteiger partial charge in [-0.15, -0.1) is 0 Å². The van der Waals surface area contributed by atoms with Crippen LogP contribution in [0, 0.1) is 0 Å². The fraction of sp³-hybridized carbons (Fsp3) is 0.714. The summed E-state index contributed by atoms with van der Waals surface area (Å²) in [5.41, 5.74) is 4.77. The van der Waals surface area contributed by atoms with E-state index in [1.165, 1.54) is 0 Å². The van der Waals surface area contributed by atoms with Crippen LogP contribution in [-0.2, 0) is 14.3 Å². The summed E-state index contributed by atoms with van der Waals surface area (Å²) in [7, 11) is 0. The van der Waals surface area contributed by atoms with Crippen LogP contribution >= 0.6 is 0 Å². The van der Waals surface area contributed by atoms with Crippen LogP contribution in [0.25, 0.3) is 0 Å². The monoisotopic (exact) mass is 159 g/mol. The Labute approximate surface area is 65.7 Å².